The van der Waals surface area contributed by atoms with E-state index in [-0.39, 0.29) is 11.7 Å². The van der Waals surface area contributed by atoms with Gasteiger partial charge < -0.3 is 9.84 Å². The molecular formula is C11H16N2O3. The largest absolute Gasteiger partial charge is 0.478 e. The zero-order valence-electron chi connectivity index (χ0n) is 9.35. The third kappa shape index (κ3) is 2.24. The normalized spacial score (nSPS) is 16.8. The van der Waals surface area contributed by atoms with Gasteiger partial charge in [-0.2, -0.15) is 5.10 Å². The molecule has 0 amide bonds. The second-order valence-electron chi connectivity index (χ2n) is 4.15. The highest BCUT2D eigenvalue weighted by atomic mass is 16.5. The lowest BCUT2D eigenvalue weighted by molar-refractivity contribution is 0.0405. The number of aromatic nitrogens is 2. The topological polar surface area (TPSA) is 64.4 Å². The molecule has 0 spiro atoms. The van der Waals surface area contributed by atoms with Crippen molar-refractivity contribution in [3.63, 3.8) is 0 Å². The molecule has 1 aliphatic rings. The molecule has 0 atom stereocenters. The fourth-order valence-corrected chi connectivity index (χ4v) is 2.06. The number of aromatic carboxylic acids is 1. The molecule has 2 rings (SSSR count). The quantitative estimate of drug-likeness (QED) is 0.843. The fraction of sp³-hybridized carbons (Fsp3) is 0.636. The highest BCUT2D eigenvalue weighted by Crippen LogP contribution is 2.22. The van der Waals surface area contributed by atoms with Crippen molar-refractivity contribution in [2.24, 2.45) is 7.05 Å². The summed E-state index contributed by atoms with van der Waals surface area (Å²) < 4.78 is 7.26. The standard InChI is InChI=1S/C11H16N2O3/c1-13-10(9(6-12-13)11(14)15)7-16-8-4-2-3-5-8/h6,8H,2-5,7H2,1H3,(H,14,15). The van der Waals surface area contributed by atoms with Crippen LogP contribution in [0.3, 0.4) is 0 Å². The van der Waals surface area contributed by atoms with E-state index in [1.165, 1.54) is 19.0 Å². The molecule has 1 fully saturated rings. The summed E-state index contributed by atoms with van der Waals surface area (Å²) in [5.41, 5.74) is 0.875. The molecular weight excluding hydrogens is 208 g/mol. The number of hydrogen-bond acceptors (Lipinski definition) is 3. The molecule has 1 saturated carbocycles. The molecule has 1 N–H and O–H groups in total. The van der Waals surface area contributed by atoms with Crippen LogP contribution in [0, 0.1) is 0 Å². The summed E-state index contributed by atoms with van der Waals surface area (Å²) in [6, 6.07) is 0. The minimum absolute atomic E-state index is 0.237. The molecule has 0 radical (unpaired) electrons. The first-order valence-electron chi connectivity index (χ1n) is 5.54. The summed E-state index contributed by atoms with van der Waals surface area (Å²) in [5.74, 6) is -0.946. The molecule has 0 unspecified atom stereocenters. The van der Waals surface area contributed by atoms with Crippen molar-refractivity contribution in [2.45, 2.75) is 38.4 Å². The summed E-state index contributed by atoms with van der Waals surface area (Å²) in [6.07, 6.45) is 6.25. The Labute approximate surface area is 94.0 Å². The molecule has 5 nitrogen and oxygen atoms in total. The third-order valence-electron chi connectivity index (χ3n) is 3.05. The molecule has 16 heavy (non-hydrogen) atoms. The predicted octanol–water partition coefficient (Wildman–Crippen LogP) is 1.58. The van der Waals surface area contributed by atoms with Gasteiger partial charge >= 0.3 is 5.97 Å². The van der Waals surface area contributed by atoms with E-state index in [2.05, 4.69) is 5.10 Å². The monoisotopic (exact) mass is 224 g/mol. The van der Waals surface area contributed by atoms with Crippen molar-refractivity contribution >= 4 is 5.97 Å². The van der Waals surface area contributed by atoms with Crippen LogP contribution in [0.5, 0.6) is 0 Å². The summed E-state index contributed by atoms with van der Waals surface area (Å²) in [5, 5.41) is 12.9. The molecule has 5 heteroatoms. The second-order valence-corrected chi connectivity index (χ2v) is 4.15. The number of hydrogen-bond donors (Lipinski definition) is 1. The summed E-state index contributed by atoms with van der Waals surface area (Å²) in [4.78, 5) is 10.9. The zero-order valence-corrected chi connectivity index (χ0v) is 9.35. The van der Waals surface area contributed by atoms with Gasteiger partial charge in [0.1, 0.15) is 5.56 Å². The van der Waals surface area contributed by atoms with E-state index in [1.54, 1.807) is 11.7 Å². The Morgan fingerprint density at radius 1 is 1.62 bits per heavy atom. The highest BCUT2D eigenvalue weighted by Gasteiger charge is 2.19. The number of carboxylic acids is 1. The van der Waals surface area contributed by atoms with Gasteiger partial charge in [-0.25, -0.2) is 4.79 Å². The number of ether oxygens (including phenoxy) is 1. The molecule has 1 aromatic heterocycles. The summed E-state index contributed by atoms with van der Waals surface area (Å²) in [7, 11) is 1.74. The molecule has 0 saturated heterocycles. The van der Waals surface area contributed by atoms with Gasteiger partial charge in [-0.3, -0.25) is 4.68 Å². The molecule has 1 aliphatic carbocycles. The first-order chi connectivity index (χ1) is 7.68. The summed E-state index contributed by atoms with van der Waals surface area (Å²) >= 11 is 0. The van der Waals surface area contributed by atoms with E-state index in [1.807, 2.05) is 0 Å². The third-order valence-corrected chi connectivity index (χ3v) is 3.05. The van der Waals surface area contributed by atoms with Crippen LogP contribution in [0.15, 0.2) is 6.20 Å². The van der Waals surface area contributed by atoms with Gasteiger partial charge in [-0.15, -0.1) is 0 Å². The van der Waals surface area contributed by atoms with Crippen molar-refractivity contribution in [2.75, 3.05) is 0 Å². The van der Waals surface area contributed by atoms with Crippen molar-refractivity contribution in [1.29, 1.82) is 0 Å². The SMILES string of the molecule is Cn1ncc(C(=O)O)c1COC1CCCC1. The van der Waals surface area contributed by atoms with Gasteiger partial charge in [0.2, 0.25) is 0 Å². The minimum atomic E-state index is -0.946. The van der Waals surface area contributed by atoms with Crippen LogP contribution in [0.25, 0.3) is 0 Å². The maximum atomic E-state index is 10.9. The zero-order chi connectivity index (χ0) is 11.5. The van der Waals surface area contributed by atoms with Gasteiger partial charge in [-0.05, 0) is 12.8 Å². The van der Waals surface area contributed by atoms with Crippen LogP contribution in [0.2, 0.25) is 0 Å². The highest BCUT2D eigenvalue weighted by molar-refractivity contribution is 5.88. The van der Waals surface area contributed by atoms with E-state index in [9.17, 15) is 4.79 Å². The lowest BCUT2D eigenvalue weighted by Crippen LogP contribution is -2.12. The minimum Gasteiger partial charge on any atom is -0.478 e. The lowest BCUT2D eigenvalue weighted by atomic mass is 10.2. The smallest absolute Gasteiger partial charge is 0.339 e. The first-order valence-corrected chi connectivity index (χ1v) is 5.54. The average molecular weight is 224 g/mol. The predicted molar refractivity (Wildman–Crippen MR) is 57.2 cm³/mol. The Morgan fingerprint density at radius 2 is 2.31 bits per heavy atom. The van der Waals surface area contributed by atoms with Gasteiger partial charge in [-0.1, -0.05) is 12.8 Å². The van der Waals surface area contributed by atoms with Crippen LogP contribution in [-0.2, 0) is 18.4 Å². The van der Waals surface area contributed by atoms with Crippen LogP contribution < -0.4 is 0 Å². The van der Waals surface area contributed by atoms with Gasteiger partial charge in [0, 0.05) is 7.05 Å². The maximum Gasteiger partial charge on any atom is 0.339 e. The Bertz CT molecular complexity index is 381. The van der Waals surface area contributed by atoms with E-state index < -0.39 is 5.97 Å². The molecule has 0 aromatic carbocycles. The van der Waals surface area contributed by atoms with Gasteiger partial charge in [0.15, 0.2) is 0 Å². The molecule has 0 aliphatic heterocycles. The molecule has 1 heterocycles. The Kier molecular flexibility index (Phi) is 3.24. The Balaban J connectivity index is 2.02. The number of carboxylic acid groups (broad SMARTS) is 1. The Morgan fingerprint density at radius 3 is 2.94 bits per heavy atom. The average Bonchev–Trinajstić information content (AvgIpc) is 2.84. The van der Waals surface area contributed by atoms with E-state index in [0.29, 0.717) is 12.3 Å². The van der Waals surface area contributed by atoms with Gasteiger partial charge in [0.05, 0.1) is 24.6 Å². The second kappa shape index (κ2) is 4.65. The number of aryl methyl sites for hydroxylation is 1. The van der Waals surface area contributed by atoms with Crippen molar-refractivity contribution < 1.29 is 14.6 Å². The van der Waals surface area contributed by atoms with E-state index >= 15 is 0 Å². The van der Waals surface area contributed by atoms with E-state index in [4.69, 9.17) is 9.84 Å². The molecule has 0 bridgehead atoms. The molecule has 88 valence electrons. The summed E-state index contributed by atoms with van der Waals surface area (Å²) in [6.45, 7) is 0.336. The van der Waals surface area contributed by atoms with Crippen molar-refractivity contribution in [3.8, 4) is 0 Å². The Hall–Kier alpha value is -1.36. The molecule has 1 aromatic rings. The number of rotatable bonds is 4. The van der Waals surface area contributed by atoms with Crippen LogP contribution in [-0.4, -0.2) is 27.0 Å². The first kappa shape index (κ1) is 11.1. The van der Waals surface area contributed by atoms with Crippen LogP contribution >= 0.6 is 0 Å². The number of carbonyl (C=O) groups is 1. The fourth-order valence-electron chi connectivity index (χ4n) is 2.06. The lowest BCUT2D eigenvalue weighted by Gasteiger charge is -2.11. The van der Waals surface area contributed by atoms with Gasteiger partial charge in [0.25, 0.3) is 0 Å². The van der Waals surface area contributed by atoms with Crippen molar-refractivity contribution in [3.05, 3.63) is 17.5 Å². The number of nitrogens with zero attached hydrogens (tertiary/aromatic N) is 2. The van der Waals surface area contributed by atoms with Crippen LogP contribution in [0.4, 0.5) is 0 Å². The van der Waals surface area contributed by atoms with E-state index in [0.717, 1.165) is 12.8 Å². The van der Waals surface area contributed by atoms with Crippen LogP contribution in [0.1, 0.15) is 41.7 Å². The maximum absolute atomic E-state index is 10.9. The van der Waals surface area contributed by atoms with Crippen molar-refractivity contribution in [1.82, 2.24) is 9.78 Å².